The van der Waals surface area contributed by atoms with E-state index in [9.17, 15) is 4.79 Å². The van der Waals surface area contributed by atoms with Gasteiger partial charge >= 0.3 is 0 Å². The minimum Gasteiger partial charge on any atom is -0.297 e. The van der Waals surface area contributed by atoms with Gasteiger partial charge < -0.3 is 0 Å². The van der Waals surface area contributed by atoms with E-state index in [1.54, 1.807) is 0 Å². The Bertz CT molecular complexity index is 189. The fourth-order valence-corrected chi connectivity index (χ4v) is 1.74. The van der Waals surface area contributed by atoms with E-state index >= 15 is 0 Å². The molecular weight excluding hydrogens is 116 g/mol. The fourth-order valence-electron chi connectivity index (χ4n) is 1.74. The summed E-state index contributed by atoms with van der Waals surface area (Å²) in [6, 6.07) is 0. The highest BCUT2D eigenvalue weighted by molar-refractivity contribution is 5.96. The van der Waals surface area contributed by atoms with E-state index in [-0.39, 0.29) is 5.78 Å². The van der Waals surface area contributed by atoms with Gasteiger partial charge in [-0.15, -0.1) is 0 Å². The van der Waals surface area contributed by atoms with Crippen LogP contribution in [0.25, 0.3) is 0 Å². The Balaban J connectivity index is 2.27. The number of rotatable bonds is 1. The van der Waals surface area contributed by atoms with Crippen LogP contribution in [0.15, 0.2) is 5.11 Å². The van der Waals surface area contributed by atoms with Crippen molar-refractivity contribution in [1.82, 2.24) is 0 Å². The molecule has 0 bridgehead atoms. The largest absolute Gasteiger partial charge is 0.297 e. The highest BCUT2D eigenvalue weighted by Gasteiger charge is 2.61. The first-order valence-corrected chi connectivity index (χ1v) is 3.21. The summed E-state index contributed by atoms with van der Waals surface area (Å²) < 4.78 is 0. The lowest BCUT2D eigenvalue weighted by molar-refractivity contribution is -0.146. The highest BCUT2D eigenvalue weighted by atomic mass is 16.1. The maximum Gasteiger partial charge on any atom is 0.162 e. The maximum atomic E-state index is 10.8. The van der Waals surface area contributed by atoms with Crippen LogP contribution in [0.3, 0.4) is 0 Å². The summed E-state index contributed by atoms with van der Waals surface area (Å²) in [5.74, 6) is 0.635. The van der Waals surface area contributed by atoms with Gasteiger partial charge in [-0.1, -0.05) is 0 Å². The normalized spacial score (nSPS) is 46.7. The van der Waals surface area contributed by atoms with E-state index in [1.165, 1.54) is 0 Å². The first kappa shape index (κ1) is 5.09. The first-order chi connectivity index (χ1) is 4.29. The van der Waals surface area contributed by atoms with Crippen molar-refractivity contribution in [2.24, 2.45) is 11.0 Å². The molecule has 0 heterocycles. The molecule has 0 radical (unpaired) electrons. The number of ketones is 1. The van der Waals surface area contributed by atoms with Gasteiger partial charge in [-0.05, 0) is 12.8 Å². The Morgan fingerprint density at radius 3 is 2.67 bits per heavy atom. The number of Topliss-reactive ketones (excluding diaryl/α,β-unsaturated/α-hetero) is 1. The third kappa shape index (κ3) is 0.343. The summed E-state index contributed by atoms with van der Waals surface area (Å²) in [6.45, 7) is 0. The molecule has 3 heteroatoms. The van der Waals surface area contributed by atoms with Crippen molar-refractivity contribution in [2.75, 3.05) is 0 Å². The molecule has 2 unspecified atom stereocenters. The minimum absolute atomic E-state index is 0.189. The molecule has 2 saturated carbocycles. The minimum atomic E-state index is -0.486. The number of hydrogen-bond acceptors (Lipinski definition) is 3. The Morgan fingerprint density at radius 2 is 2.56 bits per heavy atom. The van der Waals surface area contributed by atoms with Crippen LogP contribution in [0.4, 0.5) is 0 Å². The lowest BCUT2D eigenvalue weighted by Gasteiger charge is -2.52. The van der Waals surface area contributed by atoms with Crippen LogP contribution in [-0.4, -0.2) is 11.3 Å². The van der Waals surface area contributed by atoms with Crippen LogP contribution in [0.5, 0.6) is 0 Å². The molecule has 0 saturated heterocycles. The van der Waals surface area contributed by atoms with Crippen LogP contribution >= 0.6 is 0 Å². The van der Waals surface area contributed by atoms with Crippen molar-refractivity contribution in [3.05, 3.63) is 0 Å². The highest BCUT2D eigenvalue weighted by Crippen LogP contribution is 2.53. The molecule has 9 heavy (non-hydrogen) atoms. The van der Waals surface area contributed by atoms with Crippen LogP contribution in [0, 0.1) is 11.4 Å². The third-order valence-electron chi connectivity index (χ3n) is 2.66. The standard InChI is InChI=1S/C6H8N2O/c7-8-6-2-1-4(6)3-5(6)9/h4,7H,1-3H2. The molecule has 2 atom stereocenters. The number of nitrogens with zero attached hydrogens (tertiary/aromatic N) is 1. The van der Waals surface area contributed by atoms with Gasteiger partial charge in [0.2, 0.25) is 0 Å². The lowest BCUT2D eigenvalue weighted by atomic mass is 9.53. The Hall–Kier alpha value is -0.730. The number of carbonyl (C=O) groups is 1. The van der Waals surface area contributed by atoms with Gasteiger partial charge in [0.05, 0.1) is 0 Å². The monoisotopic (exact) mass is 124 g/mol. The SMILES string of the molecule is N=NC12CCC1CC2=O. The van der Waals surface area contributed by atoms with Crippen molar-refractivity contribution < 1.29 is 4.79 Å². The first-order valence-electron chi connectivity index (χ1n) is 3.21. The average molecular weight is 124 g/mol. The molecule has 2 aliphatic rings. The topological polar surface area (TPSA) is 53.3 Å². The average Bonchev–Trinajstić information content (AvgIpc) is 1.84. The summed E-state index contributed by atoms with van der Waals surface area (Å²) in [5, 5.41) is 3.38. The predicted octanol–water partition coefficient (Wildman–Crippen LogP) is 1.14. The van der Waals surface area contributed by atoms with Gasteiger partial charge in [0, 0.05) is 12.3 Å². The van der Waals surface area contributed by atoms with E-state index in [4.69, 9.17) is 5.53 Å². The van der Waals surface area contributed by atoms with E-state index in [2.05, 4.69) is 5.11 Å². The Morgan fingerprint density at radius 1 is 1.78 bits per heavy atom. The predicted molar refractivity (Wildman–Crippen MR) is 30.2 cm³/mol. The molecule has 48 valence electrons. The van der Waals surface area contributed by atoms with Gasteiger partial charge in [0.1, 0.15) is 5.54 Å². The van der Waals surface area contributed by atoms with Crippen LogP contribution in [-0.2, 0) is 4.79 Å². The van der Waals surface area contributed by atoms with E-state index in [0.717, 1.165) is 12.8 Å². The zero-order valence-electron chi connectivity index (χ0n) is 5.05. The molecule has 0 spiro atoms. The summed E-state index contributed by atoms with van der Waals surface area (Å²) in [5.41, 5.74) is 6.29. The summed E-state index contributed by atoms with van der Waals surface area (Å²) >= 11 is 0. The lowest BCUT2D eigenvalue weighted by Crippen LogP contribution is -2.61. The number of carbonyl (C=O) groups excluding carboxylic acids is 1. The van der Waals surface area contributed by atoms with Gasteiger partial charge in [-0.2, -0.15) is 5.11 Å². The van der Waals surface area contributed by atoms with Crippen molar-refractivity contribution in [1.29, 1.82) is 5.53 Å². The molecule has 0 aromatic heterocycles. The summed E-state index contributed by atoms with van der Waals surface area (Å²) in [7, 11) is 0. The van der Waals surface area contributed by atoms with Gasteiger partial charge in [0.15, 0.2) is 5.78 Å². The van der Waals surface area contributed by atoms with E-state index < -0.39 is 5.54 Å². The van der Waals surface area contributed by atoms with Gasteiger partial charge in [-0.25, -0.2) is 5.53 Å². The summed E-state index contributed by atoms with van der Waals surface area (Å²) in [4.78, 5) is 10.8. The molecule has 0 aromatic carbocycles. The molecule has 2 aliphatic carbocycles. The van der Waals surface area contributed by atoms with Gasteiger partial charge in [-0.3, -0.25) is 4.79 Å². The maximum absolute atomic E-state index is 10.8. The molecule has 0 amide bonds. The molecule has 3 nitrogen and oxygen atoms in total. The second-order valence-corrected chi connectivity index (χ2v) is 2.90. The Labute approximate surface area is 53.0 Å². The van der Waals surface area contributed by atoms with Crippen molar-refractivity contribution in [3.8, 4) is 0 Å². The number of hydrogen-bond donors (Lipinski definition) is 1. The molecule has 1 N–H and O–H groups in total. The van der Waals surface area contributed by atoms with Crippen LogP contribution in [0.1, 0.15) is 19.3 Å². The van der Waals surface area contributed by atoms with E-state index in [0.29, 0.717) is 12.3 Å². The van der Waals surface area contributed by atoms with Crippen molar-refractivity contribution >= 4 is 5.78 Å². The zero-order valence-corrected chi connectivity index (χ0v) is 5.05. The zero-order chi connectivity index (χ0) is 6.48. The number of nitrogens with one attached hydrogen (secondary N) is 1. The van der Waals surface area contributed by atoms with Crippen molar-refractivity contribution in [3.63, 3.8) is 0 Å². The second-order valence-electron chi connectivity index (χ2n) is 2.90. The smallest absolute Gasteiger partial charge is 0.162 e. The molecule has 0 aliphatic heterocycles. The van der Waals surface area contributed by atoms with Gasteiger partial charge in [0.25, 0.3) is 0 Å². The quantitative estimate of drug-likeness (QED) is 0.523. The van der Waals surface area contributed by atoms with Crippen LogP contribution < -0.4 is 0 Å². The second kappa shape index (κ2) is 1.23. The molecule has 2 rings (SSSR count). The molecular formula is C6H8N2O. The third-order valence-corrected chi connectivity index (χ3v) is 2.66. The molecule has 0 aromatic rings. The van der Waals surface area contributed by atoms with Crippen molar-refractivity contribution in [2.45, 2.75) is 24.8 Å². The summed E-state index contributed by atoms with van der Waals surface area (Å²) in [6.07, 6.45) is 2.62. The molecule has 2 fully saturated rings. The Kier molecular flexibility index (Phi) is 0.693. The fraction of sp³-hybridized carbons (Fsp3) is 0.833. The number of fused-ring (bicyclic) bond motifs is 1. The van der Waals surface area contributed by atoms with Crippen LogP contribution in [0.2, 0.25) is 0 Å². The van der Waals surface area contributed by atoms with E-state index in [1.807, 2.05) is 0 Å².